The monoisotopic (exact) mass is 358 g/mol. The van der Waals surface area contributed by atoms with Crippen LogP contribution in [0.1, 0.15) is 55.5 Å². The second-order valence-electron chi connectivity index (χ2n) is 7.45. The highest BCUT2D eigenvalue weighted by Crippen LogP contribution is 2.28. The minimum atomic E-state index is -0.0603. The lowest BCUT2D eigenvalue weighted by molar-refractivity contribution is 0.0963. The molecule has 0 aliphatic heterocycles. The van der Waals surface area contributed by atoms with Crippen molar-refractivity contribution < 1.29 is 4.79 Å². The number of benzene rings is 1. The molecule has 0 atom stereocenters. The van der Waals surface area contributed by atoms with E-state index in [4.69, 9.17) is 4.99 Å². The molecule has 1 aliphatic rings. The number of nitrogens with one attached hydrogen (secondary N) is 2. The first-order valence-corrected chi connectivity index (χ1v) is 9.84. The molecule has 0 heterocycles. The number of aliphatic imine (C=N–C) groups is 1. The molecule has 1 fully saturated rings. The van der Waals surface area contributed by atoms with Crippen LogP contribution in [0.3, 0.4) is 0 Å². The van der Waals surface area contributed by atoms with Crippen LogP contribution in [0, 0.1) is 11.8 Å². The van der Waals surface area contributed by atoms with E-state index in [0.29, 0.717) is 12.1 Å². The van der Waals surface area contributed by atoms with Gasteiger partial charge in [-0.1, -0.05) is 31.9 Å². The predicted molar refractivity (Wildman–Crippen MR) is 108 cm³/mol. The number of carbonyl (C=O) groups excluding carboxylic acids is 1. The van der Waals surface area contributed by atoms with Gasteiger partial charge in [0.25, 0.3) is 5.91 Å². The van der Waals surface area contributed by atoms with E-state index in [1.54, 1.807) is 7.05 Å². The zero-order chi connectivity index (χ0) is 18.9. The molecule has 0 radical (unpaired) electrons. The Balaban J connectivity index is 1.95. The van der Waals surface area contributed by atoms with Crippen LogP contribution in [0.5, 0.6) is 0 Å². The molecule has 5 nitrogen and oxygen atoms in total. The Hall–Kier alpha value is -2.04. The molecule has 2 rings (SSSR count). The van der Waals surface area contributed by atoms with Crippen molar-refractivity contribution in [2.24, 2.45) is 16.8 Å². The highest BCUT2D eigenvalue weighted by atomic mass is 16.1. The van der Waals surface area contributed by atoms with Crippen molar-refractivity contribution in [3.05, 3.63) is 35.4 Å². The van der Waals surface area contributed by atoms with E-state index in [9.17, 15) is 4.79 Å². The molecule has 0 spiro atoms. The molecule has 0 bridgehead atoms. The Bertz CT molecular complexity index is 589. The maximum absolute atomic E-state index is 11.6. The second-order valence-corrected chi connectivity index (χ2v) is 7.45. The largest absolute Gasteiger partial charge is 0.357 e. The molecule has 26 heavy (non-hydrogen) atoms. The van der Waals surface area contributed by atoms with Crippen molar-refractivity contribution in [1.82, 2.24) is 15.5 Å². The number of guanidine groups is 1. The van der Waals surface area contributed by atoms with Gasteiger partial charge in [0, 0.05) is 32.7 Å². The third kappa shape index (κ3) is 6.04. The summed E-state index contributed by atoms with van der Waals surface area (Å²) in [4.78, 5) is 18.7. The van der Waals surface area contributed by atoms with Gasteiger partial charge in [-0.25, -0.2) is 4.99 Å². The van der Waals surface area contributed by atoms with Crippen LogP contribution < -0.4 is 10.6 Å². The maximum Gasteiger partial charge on any atom is 0.251 e. The molecule has 0 saturated heterocycles. The summed E-state index contributed by atoms with van der Waals surface area (Å²) in [6.07, 6.45) is 5.35. The van der Waals surface area contributed by atoms with E-state index in [0.717, 1.165) is 36.4 Å². The Morgan fingerprint density at radius 1 is 1.19 bits per heavy atom. The van der Waals surface area contributed by atoms with Crippen molar-refractivity contribution >= 4 is 11.9 Å². The third-order valence-corrected chi connectivity index (χ3v) is 5.22. The molecular weight excluding hydrogens is 324 g/mol. The first-order valence-electron chi connectivity index (χ1n) is 9.84. The SMILES string of the molecule is CCNC(=NCc1ccc(C(=O)NC)cc1)N(C)CC1CCC(C)CC1. The van der Waals surface area contributed by atoms with Crippen molar-refractivity contribution in [3.63, 3.8) is 0 Å². The summed E-state index contributed by atoms with van der Waals surface area (Å²) >= 11 is 0. The lowest BCUT2D eigenvalue weighted by atomic mass is 9.83. The quantitative estimate of drug-likeness (QED) is 0.606. The van der Waals surface area contributed by atoms with Crippen LogP contribution in [0.15, 0.2) is 29.3 Å². The summed E-state index contributed by atoms with van der Waals surface area (Å²) in [5.74, 6) is 2.56. The van der Waals surface area contributed by atoms with Crippen LogP contribution >= 0.6 is 0 Å². The predicted octanol–water partition coefficient (Wildman–Crippen LogP) is 3.27. The first kappa shape index (κ1) is 20.3. The number of rotatable bonds is 6. The van der Waals surface area contributed by atoms with Gasteiger partial charge in [-0.05, 0) is 49.3 Å². The molecule has 2 N–H and O–H groups in total. The second kappa shape index (κ2) is 10.2. The van der Waals surface area contributed by atoms with E-state index in [2.05, 4.69) is 36.4 Å². The average Bonchev–Trinajstić information content (AvgIpc) is 2.66. The molecule has 144 valence electrons. The topological polar surface area (TPSA) is 56.7 Å². The summed E-state index contributed by atoms with van der Waals surface area (Å²) in [5, 5.41) is 6.04. The van der Waals surface area contributed by atoms with Gasteiger partial charge in [0.05, 0.1) is 6.54 Å². The highest BCUT2D eigenvalue weighted by molar-refractivity contribution is 5.93. The molecule has 0 unspecified atom stereocenters. The Kier molecular flexibility index (Phi) is 7.95. The Morgan fingerprint density at radius 2 is 1.85 bits per heavy atom. The van der Waals surface area contributed by atoms with E-state index in [1.165, 1.54) is 25.7 Å². The maximum atomic E-state index is 11.6. The van der Waals surface area contributed by atoms with Crippen molar-refractivity contribution in [2.75, 3.05) is 27.2 Å². The zero-order valence-corrected chi connectivity index (χ0v) is 16.7. The summed E-state index contributed by atoms with van der Waals surface area (Å²) in [5.41, 5.74) is 1.78. The van der Waals surface area contributed by atoms with E-state index in [1.807, 2.05) is 24.3 Å². The number of hydrogen-bond acceptors (Lipinski definition) is 2. The van der Waals surface area contributed by atoms with E-state index >= 15 is 0 Å². The summed E-state index contributed by atoms with van der Waals surface area (Å²) < 4.78 is 0. The summed E-state index contributed by atoms with van der Waals surface area (Å²) in [6, 6.07) is 7.65. The molecule has 5 heteroatoms. The van der Waals surface area contributed by atoms with Crippen LogP contribution in [0.2, 0.25) is 0 Å². The van der Waals surface area contributed by atoms with Gasteiger partial charge in [-0.3, -0.25) is 4.79 Å². The molecule has 1 aromatic rings. The van der Waals surface area contributed by atoms with Crippen LogP contribution in [0.4, 0.5) is 0 Å². The zero-order valence-electron chi connectivity index (χ0n) is 16.7. The van der Waals surface area contributed by atoms with Crippen molar-refractivity contribution in [2.45, 2.75) is 46.1 Å². The van der Waals surface area contributed by atoms with Crippen molar-refractivity contribution in [1.29, 1.82) is 0 Å². The standard InChI is InChI=1S/C21H34N4O/c1-5-23-21(25(4)15-18-8-6-16(2)7-9-18)24-14-17-10-12-19(13-11-17)20(26)22-3/h10-13,16,18H,5-9,14-15H2,1-4H3,(H,22,26)(H,23,24). The molecule has 0 aromatic heterocycles. The van der Waals surface area contributed by atoms with Gasteiger partial charge in [0.2, 0.25) is 0 Å². The number of nitrogens with zero attached hydrogens (tertiary/aromatic N) is 2. The first-order chi connectivity index (χ1) is 12.5. The Labute approximate surface area is 158 Å². The lowest BCUT2D eigenvalue weighted by Gasteiger charge is -2.31. The van der Waals surface area contributed by atoms with Gasteiger partial charge >= 0.3 is 0 Å². The van der Waals surface area contributed by atoms with Gasteiger partial charge in [0.15, 0.2) is 5.96 Å². The van der Waals surface area contributed by atoms with Gasteiger partial charge in [0.1, 0.15) is 0 Å². The lowest BCUT2D eigenvalue weighted by Crippen LogP contribution is -2.41. The third-order valence-electron chi connectivity index (χ3n) is 5.22. The fourth-order valence-corrected chi connectivity index (χ4v) is 3.53. The van der Waals surface area contributed by atoms with Gasteiger partial charge < -0.3 is 15.5 Å². The Morgan fingerprint density at radius 3 is 2.42 bits per heavy atom. The smallest absolute Gasteiger partial charge is 0.251 e. The molecule has 1 aromatic carbocycles. The molecule has 1 amide bonds. The minimum absolute atomic E-state index is 0.0603. The minimum Gasteiger partial charge on any atom is -0.357 e. The van der Waals surface area contributed by atoms with E-state index in [-0.39, 0.29) is 5.91 Å². The normalized spacial score (nSPS) is 20.5. The van der Waals surface area contributed by atoms with Gasteiger partial charge in [-0.2, -0.15) is 0 Å². The van der Waals surface area contributed by atoms with Gasteiger partial charge in [-0.15, -0.1) is 0 Å². The average molecular weight is 359 g/mol. The fourth-order valence-electron chi connectivity index (χ4n) is 3.53. The summed E-state index contributed by atoms with van der Waals surface area (Å²) in [7, 11) is 3.78. The van der Waals surface area contributed by atoms with Crippen LogP contribution in [-0.4, -0.2) is 44.0 Å². The number of carbonyl (C=O) groups is 1. The molecule has 1 saturated carbocycles. The van der Waals surface area contributed by atoms with Crippen molar-refractivity contribution in [3.8, 4) is 0 Å². The number of amides is 1. The summed E-state index contributed by atoms with van der Waals surface area (Å²) in [6.45, 7) is 7.00. The molecular formula is C21H34N4O. The molecule has 1 aliphatic carbocycles. The van der Waals surface area contributed by atoms with E-state index < -0.39 is 0 Å². The fraction of sp³-hybridized carbons (Fsp3) is 0.619. The highest BCUT2D eigenvalue weighted by Gasteiger charge is 2.20. The van der Waals surface area contributed by atoms with Crippen LogP contribution in [-0.2, 0) is 6.54 Å². The number of hydrogen-bond donors (Lipinski definition) is 2. The van der Waals surface area contributed by atoms with Crippen LogP contribution in [0.25, 0.3) is 0 Å².